The molecule has 5 N–H and O–H groups in total. The summed E-state index contributed by atoms with van der Waals surface area (Å²) in [5, 5.41) is 21.0. The Kier molecular flexibility index (Phi) is 6.69. The van der Waals surface area contributed by atoms with Crippen molar-refractivity contribution in [3.05, 3.63) is 24.0 Å². The fourth-order valence-corrected chi connectivity index (χ4v) is 6.52. The summed E-state index contributed by atoms with van der Waals surface area (Å²) in [5.41, 5.74) is 1.23. The molecule has 5 aliphatic rings. The summed E-state index contributed by atoms with van der Waals surface area (Å²) in [7, 11) is 0. The van der Waals surface area contributed by atoms with Crippen LogP contribution >= 0.6 is 0 Å². The van der Waals surface area contributed by atoms with E-state index < -0.39 is 0 Å². The molecule has 2 aliphatic carbocycles. The first-order valence-corrected chi connectivity index (χ1v) is 13.9. The number of aromatic amines is 1. The number of urea groups is 1. The molecule has 2 amide bonds. The fourth-order valence-electron chi connectivity index (χ4n) is 6.52. The van der Waals surface area contributed by atoms with Crippen molar-refractivity contribution in [2.45, 2.75) is 94.2 Å². The molecule has 10 heteroatoms. The first-order valence-electron chi connectivity index (χ1n) is 13.9. The van der Waals surface area contributed by atoms with Crippen molar-refractivity contribution in [1.29, 1.82) is 0 Å². The number of H-pyrrole nitrogens is 1. The minimum Gasteiger partial charge on any atom is -0.351 e. The third-order valence-electron chi connectivity index (χ3n) is 8.80. The number of hydrogen-bond donors (Lipinski definition) is 5. The molecule has 5 heterocycles. The van der Waals surface area contributed by atoms with E-state index in [9.17, 15) is 4.79 Å². The second-order valence-electron chi connectivity index (χ2n) is 11.2. The topological polar surface area (TPSA) is 123 Å². The molecule has 0 radical (unpaired) electrons. The van der Waals surface area contributed by atoms with Crippen molar-refractivity contribution in [2.75, 3.05) is 30.3 Å². The van der Waals surface area contributed by atoms with Crippen LogP contribution in [0.15, 0.2) is 18.3 Å². The largest absolute Gasteiger partial charge is 0.351 e. The van der Waals surface area contributed by atoms with Gasteiger partial charge in [0.2, 0.25) is 5.95 Å². The fraction of sp³-hybridized carbons (Fsp3) is 0.692. The molecule has 0 spiro atoms. The highest BCUT2D eigenvalue weighted by Crippen LogP contribution is 2.34. The highest BCUT2D eigenvalue weighted by Gasteiger charge is 2.40. The summed E-state index contributed by atoms with van der Waals surface area (Å²) in [5.74, 6) is 2.76. The summed E-state index contributed by atoms with van der Waals surface area (Å²) in [6.07, 6.45) is 14.0. The number of aromatic nitrogens is 4. The average Bonchev–Trinajstić information content (AvgIpc) is 3.59. The van der Waals surface area contributed by atoms with E-state index in [0.717, 1.165) is 76.2 Å². The summed E-state index contributed by atoms with van der Waals surface area (Å²) < 4.78 is 0. The minimum atomic E-state index is 0.0123. The van der Waals surface area contributed by atoms with Gasteiger partial charge in [-0.15, -0.1) is 0 Å². The predicted molar refractivity (Wildman–Crippen MR) is 139 cm³/mol. The van der Waals surface area contributed by atoms with Crippen LogP contribution in [-0.2, 0) is 0 Å². The molecule has 2 aromatic heterocycles. The van der Waals surface area contributed by atoms with Crippen LogP contribution in [0.1, 0.15) is 82.2 Å². The number of piperidine rings is 3. The maximum atomic E-state index is 12.7. The highest BCUT2D eigenvalue weighted by molar-refractivity contribution is 5.75. The van der Waals surface area contributed by atoms with Gasteiger partial charge in [0.1, 0.15) is 5.82 Å². The lowest BCUT2D eigenvalue weighted by molar-refractivity contribution is 0.0666. The van der Waals surface area contributed by atoms with Crippen molar-refractivity contribution in [2.24, 2.45) is 0 Å². The monoisotopic (exact) mass is 493 g/mol. The highest BCUT2D eigenvalue weighted by atomic mass is 16.2. The molecule has 0 atom stereocenters. The number of rotatable bonds is 7. The summed E-state index contributed by atoms with van der Waals surface area (Å²) >= 11 is 0. The Bertz CT molecular complexity index is 1020. The third kappa shape index (κ3) is 5.43. The number of hydrogen-bond acceptors (Lipinski definition) is 7. The molecular formula is C26H39N9O. The Balaban J connectivity index is 0.960. The molecule has 36 heavy (non-hydrogen) atoms. The Morgan fingerprint density at radius 3 is 2.44 bits per heavy atom. The van der Waals surface area contributed by atoms with Gasteiger partial charge in [-0.05, 0) is 63.9 Å². The first-order chi connectivity index (χ1) is 17.6. The van der Waals surface area contributed by atoms with Gasteiger partial charge in [0.25, 0.3) is 0 Å². The summed E-state index contributed by atoms with van der Waals surface area (Å²) in [6, 6.07) is 4.52. The Labute approximate surface area is 212 Å². The number of nitrogens with one attached hydrogen (secondary N) is 5. The number of carbonyl (C=O) groups is 1. The molecule has 5 fully saturated rings. The van der Waals surface area contributed by atoms with E-state index >= 15 is 0 Å². The van der Waals surface area contributed by atoms with Crippen molar-refractivity contribution >= 4 is 23.6 Å². The number of nitrogens with zero attached hydrogens (tertiary/aromatic N) is 4. The van der Waals surface area contributed by atoms with Crippen LogP contribution in [0, 0.1) is 0 Å². The molecule has 3 saturated heterocycles. The molecule has 2 saturated carbocycles. The first kappa shape index (κ1) is 23.5. The van der Waals surface area contributed by atoms with Crippen LogP contribution < -0.4 is 21.3 Å². The van der Waals surface area contributed by atoms with Crippen LogP contribution in [0.3, 0.4) is 0 Å². The van der Waals surface area contributed by atoms with E-state index in [1.165, 1.54) is 31.4 Å². The normalized spacial score (nSPS) is 30.2. The zero-order valence-corrected chi connectivity index (χ0v) is 21.1. The molecule has 2 aromatic rings. The molecule has 194 valence electrons. The van der Waals surface area contributed by atoms with Gasteiger partial charge in [0, 0.05) is 61.1 Å². The van der Waals surface area contributed by atoms with Gasteiger partial charge in [0.15, 0.2) is 5.82 Å². The van der Waals surface area contributed by atoms with E-state index in [1.54, 1.807) is 6.20 Å². The second-order valence-corrected chi connectivity index (χ2v) is 11.2. The molecule has 0 aromatic carbocycles. The SMILES string of the molecule is O=C(NC1CCC(Nc2nccc(Nc3cc(C4CCCC4)[nH]n3)n2)CC1)NC12CCN(CC1)CC2. The van der Waals surface area contributed by atoms with Crippen molar-refractivity contribution in [1.82, 2.24) is 35.7 Å². The molecule has 3 aliphatic heterocycles. The van der Waals surface area contributed by atoms with Crippen LogP contribution in [0.25, 0.3) is 0 Å². The maximum Gasteiger partial charge on any atom is 0.315 e. The minimum absolute atomic E-state index is 0.0123. The molecule has 10 nitrogen and oxygen atoms in total. The molecular weight excluding hydrogens is 454 g/mol. The van der Waals surface area contributed by atoms with Gasteiger partial charge < -0.3 is 26.2 Å². The number of fused-ring (bicyclic) bond motifs is 3. The van der Waals surface area contributed by atoms with E-state index in [2.05, 4.69) is 52.4 Å². The predicted octanol–water partition coefficient (Wildman–Crippen LogP) is 3.86. The van der Waals surface area contributed by atoms with Gasteiger partial charge in [-0.2, -0.15) is 10.1 Å². The van der Waals surface area contributed by atoms with Gasteiger partial charge in [-0.1, -0.05) is 12.8 Å². The van der Waals surface area contributed by atoms with Crippen molar-refractivity contribution in [3.63, 3.8) is 0 Å². The van der Waals surface area contributed by atoms with E-state index in [-0.39, 0.29) is 17.6 Å². The second kappa shape index (κ2) is 10.2. The lowest BCUT2D eigenvalue weighted by Gasteiger charge is -2.48. The van der Waals surface area contributed by atoms with Gasteiger partial charge in [0.05, 0.1) is 0 Å². The smallest absolute Gasteiger partial charge is 0.315 e. The molecule has 0 unspecified atom stereocenters. The molecule has 7 rings (SSSR count). The van der Waals surface area contributed by atoms with Gasteiger partial charge in [-0.25, -0.2) is 9.78 Å². The van der Waals surface area contributed by atoms with Crippen molar-refractivity contribution < 1.29 is 4.79 Å². The Morgan fingerprint density at radius 1 is 0.972 bits per heavy atom. The number of amides is 2. The van der Waals surface area contributed by atoms with E-state index in [1.807, 2.05) is 6.07 Å². The maximum absolute atomic E-state index is 12.7. The zero-order chi connectivity index (χ0) is 24.4. The van der Waals surface area contributed by atoms with Crippen LogP contribution in [0.2, 0.25) is 0 Å². The average molecular weight is 494 g/mol. The Morgan fingerprint density at radius 2 is 1.69 bits per heavy atom. The van der Waals surface area contributed by atoms with Crippen LogP contribution in [0.5, 0.6) is 0 Å². The van der Waals surface area contributed by atoms with Crippen LogP contribution in [0.4, 0.5) is 22.4 Å². The number of carbonyl (C=O) groups excluding carboxylic acids is 1. The standard InChI is InChI=1S/C26H39N9O/c36-25(32-26-10-14-35(15-11-26)16-12-26)29-20-7-5-19(6-8-20)28-24-27-13-9-22(31-24)30-23-17-21(33-34-23)18-3-1-2-4-18/h9,13,17-20H,1-8,10-12,14-16H2,(H2,29,32,36)(H3,27,28,30,31,33,34). The number of anilines is 3. The van der Waals surface area contributed by atoms with Gasteiger partial charge in [-0.3, -0.25) is 5.10 Å². The lowest BCUT2D eigenvalue weighted by Crippen LogP contribution is -2.63. The summed E-state index contributed by atoms with van der Waals surface area (Å²) in [4.78, 5) is 24.3. The Hall–Kier alpha value is -2.88. The van der Waals surface area contributed by atoms with E-state index in [4.69, 9.17) is 0 Å². The summed E-state index contributed by atoms with van der Waals surface area (Å²) in [6.45, 7) is 3.33. The van der Waals surface area contributed by atoms with E-state index in [0.29, 0.717) is 17.9 Å². The van der Waals surface area contributed by atoms with Crippen LogP contribution in [-0.4, -0.2) is 68.4 Å². The van der Waals surface area contributed by atoms with Crippen molar-refractivity contribution in [3.8, 4) is 0 Å². The zero-order valence-electron chi connectivity index (χ0n) is 21.1. The quantitative estimate of drug-likeness (QED) is 0.397. The third-order valence-corrected chi connectivity index (χ3v) is 8.80. The van der Waals surface area contributed by atoms with Gasteiger partial charge >= 0.3 is 6.03 Å². The lowest BCUT2D eigenvalue weighted by atomic mass is 9.80. The molecule has 2 bridgehead atoms.